The molecule has 5 heteroatoms. The fraction of sp³-hybridized carbons (Fsp3) is 0.958. The Bertz CT molecular complexity index is 508. The molecule has 1 spiro atoms. The van der Waals surface area contributed by atoms with Crippen LogP contribution < -0.4 is 0 Å². The molecule has 5 nitrogen and oxygen atoms in total. The normalized spacial score (nSPS) is 27.3. The molecule has 1 aliphatic carbocycles. The fourth-order valence-corrected chi connectivity index (χ4v) is 6.34. The lowest BCUT2D eigenvalue weighted by molar-refractivity contribution is -0.631. The molecule has 4 aliphatic rings. The van der Waals surface area contributed by atoms with Crippen LogP contribution in [-0.4, -0.2) is 99.4 Å². The maximum atomic E-state index is 6.20. The summed E-state index contributed by atoms with van der Waals surface area (Å²) in [6.07, 6.45) is 12.8. The summed E-state index contributed by atoms with van der Waals surface area (Å²) in [6.45, 7) is 14.8. The predicted molar refractivity (Wildman–Crippen MR) is 118 cm³/mol. The summed E-state index contributed by atoms with van der Waals surface area (Å²) in [5, 5.41) is 0. The second-order valence-corrected chi connectivity index (χ2v) is 10.4. The van der Waals surface area contributed by atoms with Gasteiger partial charge in [0.05, 0.1) is 17.6 Å². The average Bonchev–Trinajstić information content (AvgIpc) is 2.69. The van der Waals surface area contributed by atoms with Gasteiger partial charge in [-0.15, -0.1) is 0 Å². The van der Waals surface area contributed by atoms with E-state index < -0.39 is 0 Å². The molecule has 4 rings (SSSR count). The van der Waals surface area contributed by atoms with Gasteiger partial charge in [-0.05, 0) is 70.3 Å². The second-order valence-electron chi connectivity index (χ2n) is 10.4. The number of piperidine rings is 2. The number of likely N-dealkylation sites (tertiary alicyclic amines) is 2. The molecule has 0 amide bonds. The quantitative estimate of drug-likeness (QED) is 0.412. The van der Waals surface area contributed by atoms with E-state index in [2.05, 4.69) is 21.1 Å². The van der Waals surface area contributed by atoms with E-state index in [0.717, 1.165) is 12.5 Å². The SMILES string of the molecule is C=[N+]1CC2(CC(CCCN3CCC(OCCCN4CCC(OC)CC4)CC3)C2)C1. The molecule has 4 fully saturated rings. The van der Waals surface area contributed by atoms with Gasteiger partial charge in [0.2, 0.25) is 0 Å². The van der Waals surface area contributed by atoms with E-state index in [1.165, 1.54) is 110 Å². The lowest BCUT2D eigenvalue weighted by atomic mass is 9.57. The van der Waals surface area contributed by atoms with Crippen molar-refractivity contribution < 1.29 is 14.0 Å². The topological polar surface area (TPSA) is 27.9 Å². The number of methoxy groups -OCH3 is 1. The van der Waals surface area contributed by atoms with Gasteiger partial charge >= 0.3 is 0 Å². The first-order valence-corrected chi connectivity index (χ1v) is 12.3. The highest BCUT2D eigenvalue weighted by atomic mass is 16.5. The van der Waals surface area contributed by atoms with Crippen molar-refractivity contribution in [2.45, 2.75) is 70.0 Å². The van der Waals surface area contributed by atoms with Crippen molar-refractivity contribution in [1.82, 2.24) is 9.80 Å². The Labute approximate surface area is 178 Å². The molecule has 0 unspecified atom stereocenters. The van der Waals surface area contributed by atoms with Crippen molar-refractivity contribution in [1.29, 1.82) is 0 Å². The zero-order valence-electron chi connectivity index (χ0n) is 18.8. The average molecular weight is 407 g/mol. The lowest BCUT2D eigenvalue weighted by Gasteiger charge is -2.50. The molecule has 3 saturated heterocycles. The number of rotatable bonds is 10. The van der Waals surface area contributed by atoms with Crippen LogP contribution in [0.4, 0.5) is 0 Å². The number of hydrogen-bond donors (Lipinski definition) is 0. The third-order valence-corrected chi connectivity index (χ3v) is 8.02. The van der Waals surface area contributed by atoms with Crippen molar-refractivity contribution in [3.63, 3.8) is 0 Å². The van der Waals surface area contributed by atoms with Gasteiger partial charge in [0.15, 0.2) is 13.1 Å². The van der Waals surface area contributed by atoms with Crippen molar-refractivity contribution in [2.24, 2.45) is 11.3 Å². The third kappa shape index (κ3) is 6.03. The van der Waals surface area contributed by atoms with Crippen molar-refractivity contribution in [3.05, 3.63) is 0 Å². The molecule has 29 heavy (non-hydrogen) atoms. The van der Waals surface area contributed by atoms with Gasteiger partial charge in [-0.2, -0.15) is 0 Å². The first-order chi connectivity index (χ1) is 14.1. The molecule has 166 valence electrons. The van der Waals surface area contributed by atoms with Crippen LogP contribution in [-0.2, 0) is 9.47 Å². The van der Waals surface area contributed by atoms with E-state index in [9.17, 15) is 0 Å². The molecular formula is C24H44N3O2+. The summed E-state index contributed by atoms with van der Waals surface area (Å²) < 4.78 is 13.9. The van der Waals surface area contributed by atoms with E-state index >= 15 is 0 Å². The summed E-state index contributed by atoms with van der Waals surface area (Å²) in [5.74, 6) is 1.00. The van der Waals surface area contributed by atoms with E-state index in [4.69, 9.17) is 9.47 Å². The minimum Gasteiger partial charge on any atom is -0.381 e. The molecule has 0 atom stereocenters. The minimum atomic E-state index is 0.486. The Balaban J connectivity index is 0.976. The van der Waals surface area contributed by atoms with Crippen molar-refractivity contribution in [3.8, 4) is 0 Å². The zero-order valence-corrected chi connectivity index (χ0v) is 18.8. The van der Waals surface area contributed by atoms with Crippen LogP contribution in [0.25, 0.3) is 0 Å². The first kappa shape index (κ1) is 21.7. The molecule has 0 N–H and O–H groups in total. The van der Waals surface area contributed by atoms with E-state index in [1.54, 1.807) is 0 Å². The molecule has 1 saturated carbocycles. The summed E-state index contributed by atoms with van der Waals surface area (Å²) in [7, 11) is 1.84. The van der Waals surface area contributed by atoms with Gasteiger partial charge in [0.25, 0.3) is 0 Å². The van der Waals surface area contributed by atoms with Gasteiger partial charge in [0.1, 0.15) is 6.72 Å². The van der Waals surface area contributed by atoms with E-state index in [-0.39, 0.29) is 0 Å². The summed E-state index contributed by atoms with van der Waals surface area (Å²) >= 11 is 0. The summed E-state index contributed by atoms with van der Waals surface area (Å²) in [6, 6.07) is 0. The molecule has 0 bridgehead atoms. The third-order valence-electron chi connectivity index (χ3n) is 8.02. The molecule has 0 aromatic heterocycles. The largest absolute Gasteiger partial charge is 0.381 e. The van der Waals surface area contributed by atoms with Gasteiger partial charge in [0, 0.05) is 46.4 Å². The number of ether oxygens (including phenoxy) is 2. The Kier molecular flexibility index (Phi) is 7.65. The van der Waals surface area contributed by atoms with Crippen LogP contribution in [0.3, 0.4) is 0 Å². The molecule has 0 radical (unpaired) electrons. The van der Waals surface area contributed by atoms with Gasteiger partial charge in [-0.3, -0.25) is 0 Å². The Morgan fingerprint density at radius 3 is 2.07 bits per heavy atom. The van der Waals surface area contributed by atoms with E-state index in [0.29, 0.717) is 17.6 Å². The summed E-state index contributed by atoms with van der Waals surface area (Å²) in [5.41, 5.74) is 0.697. The maximum absolute atomic E-state index is 6.20. The van der Waals surface area contributed by atoms with Crippen LogP contribution in [0, 0.1) is 11.3 Å². The number of nitrogens with zero attached hydrogens (tertiary/aromatic N) is 3. The van der Waals surface area contributed by atoms with Gasteiger partial charge in [-0.1, -0.05) is 0 Å². The Morgan fingerprint density at radius 1 is 0.897 bits per heavy atom. The highest BCUT2D eigenvalue weighted by Crippen LogP contribution is 2.51. The fourth-order valence-electron chi connectivity index (χ4n) is 6.34. The van der Waals surface area contributed by atoms with Gasteiger partial charge < -0.3 is 19.3 Å². The highest BCUT2D eigenvalue weighted by molar-refractivity contribution is 5.17. The van der Waals surface area contributed by atoms with Crippen LogP contribution in [0.2, 0.25) is 0 Å². The minimum absolute atomic E-state index is 0.486. The number of hydrogen-bond acceptors (Lipinski definition) is 4. The zero-order chi connectivity index (χ0) is 20.1. The highest BCUT2D eigenvalue weighted by Gasteiger charge is 2.55. The van der Waals surface area contributed by atoms with Crippen molar-refractivity contribution in [2.75, 3.05) is 66.1 Å². The molecule has 0 aromatic rings. The van der Waals surface area contributed by atoms with Crippen LogP contribution in [0.15, 0.2) is 0 Å². The van der Waals surface area contributed by atoms with Crippen molar-refractivity contribution >= 4 is 6.72 Å². The lowest BCUT2D eigenvalue weighted by Crippen LogP contribution is -2.57. The molecule has 3 heterocycles. The monoisotopic (exact) mass is 406 g/mol. The van der Waals surface area contributed by atoms with E-state index in [1.807, 2.05) is 7.11 Å². The van der Waals surface area contributed by atoms with Crippen LogP contribution in [0.1, 0.15) is 57.8 Å². The first-order valence-electron chi connectivity index (χ1n) is 12.3. The summed E-state index contributed by atoms with van der Waals surface area (Å²) in [4.78, 5) is 5.25. The van der Waals surface area contributed by atoms with Crippen LogP contribution in [0.5, 0.6) is 0 Å². The Hall–Kier alpha value is -0.490. The van der Waals surface area contributed by atoms with Gasteiger partial charge in [-0.25, -0.2) is 4.58 Å². The standard InChI is InChI=1S/C24H44N3O2/c1-25-19-24(20-25)17-21(18-24)5-3-10-26-14-8-23(9-15-26)29-16-4-11-27-12-6-22(28-2)7-13-27/h21-23H,1,3-20H2,2H3/q+1. The Morgan fingerprint density at radius 2 is 1.48 bits per heavy atom. The molecule has 0 aromatic carbocycles. The second kappa shape index (κ2) is 10.2. The molecular weight excluding hydrogens is 362 g/mol. The van der Waals surface area contributed by atoms with Crippen LogP contribution >= 0.6 is 0 Å². The maximum Gasteiger partial charge on any atom is 0.153 e. The molecule has 3 aliphatic heterocycles. The smallest absolute Gasteiger partial charge is 0.153 e. The predicted octanol–water partition coefficient (Wildman–Crippen LogP) is 2.87.